The first-order valence-electron chi connectivity index (χ1n) is 9.41. The van der Waals surface area contributed by atoms with Crippen molar-refractivity contribution >= 4 is 15.7 Å². The van der Waals surface area contributed by atoms with Crippen LogP contribution < -0.4 is 14.8 Å². The minimum Gasteiger partial charge on any atom is -0.493 e. The fourth-order valence-corrected chi connectivity index (χ4v) is 4.36. The molecule has 0 saturated heterocycles. The molecule has 158 valence electrons. The molecule has 1 aliphatic carbocycles. The smallest absolute Gasteiger partial charge is 0.242 e. The second kappa shape index (κ2) is 8.81. The number of carbonyl (C=O) groups is 1. The Morgan fingerprint density at radius 1 is 1.24 bits per heavy atom. The summed E-state index contributed by atoms with van der Waals surface area (Å²) in [7, 11) is -0.765. The van der Waals surface area contributed by atoms with Gasteiger partial charge in [0.2, 0.25) is 17.6 Å². The Bertz CT molecular complexity index is 966. The van der Waals surface area contributed by atoms with Crippen molar-refractivity contribution in [1.82, 2.24) is 15.5 Å². The quantitative estimate of drug-likeness (QED) is 0.685. The molecule has 10 heteroatoms. The van der Waals surface area contributed by atoms with E-state index in [4.69, 9.17) is 14.0 Å². The van der Waals surface area contributed by atoms with E-state index in [0.29, 0.717) is 17.1 Å². The van der Waals surface area contributed by atoms with Crippen molar-refractivity contribution in [2.75, 3.05) is 14.2 Å². The Morgan fingerprint density at radius 3 is 2.59 bits per heavy atom. The Morgan fingerprint density at radius 2 is 1.93 bits per heavy atom. The van der Waals surface area contributed by atoms with Crippen molar-refractivity contribution in [2.45, 2.75) is 49.7 Å². The number of nitrogens with one attached hydrogen (secondary N) is 1. The van der Waals surface area contributed by atoms with Crippen molar-refractivity contribution in [2.24, 2.45) is 0 Å². The lowest BCUT2D eigenvalue weighted by Gasteiger charge is -2.16. The van der Waals surface area contributed by atoms with Crippen molar-refractivity contribution in [3.63, 3.8) is 0 Å². The minimum atomic E-state index is -3.80. The van der Waals surface area contributed by atoms with Gasteiger partial charge in [0, 0.05) is 11.6 Å². The van der Waals surface area contributed by atoms with Crippen LogP contribution in [0.3, 0.4) is 0 Å². The summed E-state index contributed by atoms with van der Waals surface area (Å²) >= 11 is 0. The van der Waals surface area contributed by atoms with Crippen LogP contribution in [0.15, 0.2) is 22.7 Å². The van der Waals surface area contributed by atoms with E-state index in [2.05, 4.69) is 15.5 Å². The van der Waals surface area contributed by atoms with Gasteiger partial charge in [0.25, 0.3) is 0 Å². The molecule has 0 unspecified atom stereocenters. The molecule has 0 spiro atoms. The van der Waals surface area contributed by atoms with E-state index in [1.54, 1.807) is 18.2 Å². The van der Waals surface area contributed by atoms with E-state index in [9.17, 15) is 13.2 Å². The van der Waals surface area contributed by atoms with Gasteiger partial charge in [0.1, 0.15) is 11.0 Å². The molecule has 1 aromatic heterocycles. The predicted molar refractivity (Wildman–Crippen MR) is 105 cm³/mol. The molecule has 1 amide bonds. The van der Waals surface area contributed by atoms with Crippen molar-refractivity contribution in [1.29, 1.82) is 0 Å². The maximum absolute atomic E-state index is 12.6. The third-order valence-electron chi connectivity index (χ3n) is 5.04. The molecule has 1 fully saturated rings. The number of aromatic nitrogens is 2. The molecule has 9 nitrogen and oxygen atoms in total. The lowest BCUT2D eigenvalue weighted by Crippen LogP contribution is -2.42. The first-order valence-corrected chi connectivity index (χ1v) is 11.1. The molecule has 29 heavy (non-hydrogen) atoms. The number of ether oxygens (including phenoxy) is 2. The van der Waals surface area contributed by atoms with Crippen LogP contribution in [-0.4, -0.2) is 50.0 Å². The number of sulfone groups is 1. The third kappa shape index (κ3) is 4.87. The Labute approximate surface area is 169 Å². The second-order valence-corrected chi connectivity index (χ2v) is 9.34. The zero-order valence-electron chi connectivity index (χ0n) is 16.7. The molecule has 0 radical (unpaired) electrons. The highest BCUT2D eigenvalue weighted by Gasteiger charge is 2.32. The van der Waals surface area contributed by atoms with Crippen LogP contribution in [0, 0.1) is 0 Å². The van der Waals surface area contributed by atoms with Gasteiger partial charge in [-0.3, -0.25) is 4.79 Å². The maximum Gasteiger partial charge on any atom is 0.242 e. The molecule has 0 aliphatic heterocycles. The zero-order chi connectivity index (χ0) is 21.0. The summed E-state index contributed by atoms with van der Waals surface area (Å²) in [5, 5.41) is 5.46. The zero-order valence-corrected chi connectivity index (χ0v) is 17.5. The van der Waals surface area contributed by atoms with Gasteiger partial charge in [-0.2, -0.15) is 4.98 Å². The van der Waals surface area contributed by atoms with E-state index in [-0.39, 0.29) is 17.8 Å². The standard InChI is InChI=1S/C19H25N3O6S/c1-12(19(23)20-14-6-4-5-7-14)29(24,25)11-17-21-18(22-28-17)13-8-9-15(26-2)16(10-13)27-3/h8-10,12,14H,4-7,11H2,1-3H3,(H,20,23)/t12-/m1/s1. The topological polar surface area (TPSA) is 121 Å². The van der Waals surface area contributed by atoms with Crippen molar-refractivity contribution < 1.29 is 27.2 Å². The SMILES string of the molecule is COc1ccc(-c2noc(CS(=O)(=O)[C@H](C)C(=O)NC3CCCC3)n2)cc1OC. The molecule has 0 bridgehead atoms. The summed E-state index contributed by atoms with van der Waals surface area (Å²) in [6, 6.07) is 5.12. The normalized spacial score (nSPS) is 15.8. The fraction of sp³-hybridized carbons (Fsp3) is 0.526. The first kappa shape index (κ1) is 21.1. The average Bonchev–Trinajstić information content (AvgIpc) is 3.38. The molecular formula is C19H25N3O6S. The maximum atomic E-state index is 12.6. The largest absolute Gasteiger partial charge is 0.493 e. The summed E-state index contributed by atoms with van der Waals surface area (Å²) in [5.74, 6) is 0.184. The molecule has 1 aliphatic rings. The van der Waals surface area contributed by atoms with Crippen molar-refractivity contribution in [3.05, 3.63) is 24.1 Å². The number of nitrogens with zero attached hydrogens (tertiary/aromatic N) is 2. The summed E-state index contributed by atoms with van der Waals surface area (Å²) in [6.07, 6.45) is 3.87. The summed E-state index contributed by atoms with van der Waals surface area (Å²) in [5.41, 5.74) is 0.585. The molecule has 1 heterocycles. The van der Waals surface area contributed by atoms with Crippen LogP contribution in [0.2, 0.25) is 0 Å². The lowest BCUT2D eigenvalue weighted by atomic mass is 10.2. The van der Waals surface area contributed by atoms with Crippen LogP contribution in [0.4, 0.5) is 0 Å². The van der Waals surface area contributed by atoms with Crippen LogP contribution in [0.25, 0.3) is 11.4 Å². The molecule has 3 rings (SSSR count). The Hall–Kier alpha value is -2.62. The van der Waals surface area contributed by atoms with Gasteiger partial charge in [-0.25, -0.2) is 8.42 Å². The number of hydrogen-bond acceptors (Lipinski definition) is 8. The van der Waals surface area contributed by atoms with Crippen LogP contribution in [0.1, 0.15) is 38.5 Å². The Balaban J connectivity index is 1.70. The molecule has 1 aromatic carbocycles. The summed E-state index contributed by atoms with van der Waals surface area (Å²) in [4.78, 5) is 16.5. The van der Waals surface area contributed by atoms with Crippen LogP contribution in [-0.2, 0) is 20.4 Å². The lowest BCUT2D eigenvalue weighted by molar-refractivity contribution is -0.121. The van der Waals surface area contributed by atoms with E-state index < -0.39 is 26.7 Å². The van der Waals surface area contributed by atoms with Crippen molar-refractivity contribution in [3.8, 4) is 22.9 Å². The highest BCUT2D eigenvalue weighted by Crippen LogP contribution is 2.31. The molecular weight excluding hydrogens is 398 g/mol. The fourth-order valence-electron chi connectivity index (χ4n) is 3.25. The van der Waals surface area contributed by atoms with Crippen LogP contribution >= 0.6 is 0 Å². The molecule has 1 saturated carbocycles. The molecule has 1 N–H and O–H groups in total. The highest BCUT2D eigenvalue weighted by molar-refractivity contribution is 7.92. The summed E-state index contributed by atoms with van der Waals surface area (Å²) < 4.78 is 40.8. The van der Waals surface area contributed by atoms with E-state index >= 15 is 0 Å². The van der Waals surface area contributed by atoms with Gasteiger partial charge >= 0.3 is 0 Å². The van der Waals surface area contributed by atoms with E-state index in [1.807, 2.05) is 0 Å². The monoisotopic (exact) mass is 423 g/mol. The number of methoxy groups -OCH3 is 2. The minimum absolute atomic E-state index is 0.0557. The number of amides is 1. The molecule has 1 atom stereocenters. The first-order chi connectivity index (χ1) is 13.8. The average molecular weight is 423 g/mol. The van der Waals surface area contributed by atoms with Gasteiger partial charge in [-0.15, -0.1) is 0 Å². The third-order valence-corrected chi connectivity index (χ3v) is 6.98. The van der Waals surface area contributed by atoms with Gasteiger partial charge < -0.3 is 19.3 Å². The number of carbonyl (C=O) groups excluding carboxylic acids is 1. The number of hydrogen-bond donors (Lipinski definition) is 1. The van der Waals surface area contributed by atoms with Gasteiger partial charge in [0.05, 0.1) is 14.2 Å². The van der Waals surface area contributed by atoms with E-state index in [0.717, 1.165) is 25.7 Å². The van der Waals surface area contributed by atoms with Gasteiger partial charge in [0.15, 0.2) is 21.3 Å². The van der Waals surface area contributed by atoms with Gasteiger partial charge in [-0.1, -0.05) is 18.0 Å². The van der Waals surface area contributed by atoms with Crippen LogP contribution in [0.5, 0.6) is 11.5 Å². The van der Waals surface area contributed by atoms with E-state index in [1.165, 1.54) is 21.1 Å². The number of benzene rings is 1. The van der Waals surface area contributed by atoms with Gasteiger partial charge in [-0.05, 0) is 38.0 Å². The Kier molecular flexibility index (Phi) is 6.41. The second-order valence-electron chi connectivity index (χ2n) is 7.02. The number of rotatable bonds is 8. The predicted octanol–water partition coefficient (Wildman–Crippen LogP) is 2.12. The highest BCUT2D eigenvalue weighted by atomic mass is 32.2. The summed E-state index contributed by atoms with van der Waals surface area (Å²) in [6.45, 7) is 1.38. The molecule has 2 aromatic rings.